The third-order valence-electron chi connectivity index (χ3n) is 3.76. The van der Waals surface area contributed by atoms with Gasteiger partial charge in [0.25, 0.3) is 0 Å². The number of aromatic amines is 1. The number of sulfone groups is 1. The van der Waals surface area contributed by atoms with Crippen LogP contribution in [0.3, 0.4) is 0 Å². The molecule has 2 aromatic carbocycles. The zero-order valence-electron chi connectivity index (χ0n) is 13.9. The number of H-pyrrole nitrogens is 1. The van der Waals surface area contributed by atoms with Crippen molar-refractivity contribution < 1.29 is 30.4 Å². The van der Waals surface area contributed by atoms with Gasteiger partial charge in [0.2, 0.25) is 5.82 Å². The first-order chi connectivity index (χ1) is 12.9. The van der Waals surface area contributed by atoms with Crippen molar-refractivity contribution in [2.24, 2.45) is 0 Å². The highest BCUT2D eigenvalue weighted by Crippen LogP contribution is 2.38. The lowest BCUT2D eigenvalue weighted by Crippen LogP contribution is -2.07. The lowest BCUT2D eigenvalue weighted by molar-refractivity contribution is -0.144. The molecule has 0 saturated carbocycles. The van der Waals surface area contributed by atoms with E-state index in [-0.39, 0.29) is 11.3 Å². The Bertz CT molecular complexity index is 1170. The van der Waals surface area contributed by atoms with E-state index in [4.69, 9.17) is 0 Å². The first-order valence-corrected chi connectivity index (χ1v) is 10.2. The number of halogens is 6. The number of nitrogens with one attached hydrogen (secondary N) is 1. The van der Waals surface area contributed by atoms with Gasteiger partial charge >= 0.3 is 6.18 Å². The van der Waals surface area contributed by atoms with Crippen LogP contribution >= 0.6 is 15.9 Å². The minimum absolute atomic E-state index is 0.211. The number of nitrogens with zero attached hydrogens (tertiary/aromatic N) is 1. The van der Waals surface area contributed by atoms with E-state index in [1.807, 2.05) is 4.98 Å². The number of hydrogen-bond donors (Lipinski definition) is 1. The van der Waals surface area contributed by atoms with Gasteiger partial charge in [-0.15, -0.1) is 0 Å². The van der Waals surface area contributed by atoms with Gasteiger partial charge < -0.3 is 4.98 Å². The quantitative estimate of drug-likeness (QED) is 0.523. The third-order valence-corrected chi connectivity index (χ3v) is 5.37. The van der Waals surface area contributed by atoms with Crippen LogP contribution in [0, 0.1) is 11.6 Å². The van der Waals surface area contributed by atoms with E-state index in [2.05, 4.69) is 20.9 Å². The predicted molar refractivity (Wildman–Crippen MR) is 95.2 cm³/mol. The SMILES string of the molecule is CS(=O)(=O)c1cc(F)c(-c2[nH]c(C(F)(F)F)nc2-c2cccc(Br)c2)cc1F. The molecule has 0 radical (unpaired) electrons. The Morgan fingerprint density at radius 2 is 1.75 bits per heavy atom. The normalized spacial score (nSPS) is 12.4. The minimum Gasteiger partial charge on any atom is -0.334 e. The Morgan fingerprint density at radius 1 is 1.07 bits per heavy atom. The summed E-state index contributed by atoms with van der Waals surface area (Å²) in [6.07, 6.45) is -4.17. The summed E-state index contributed by atoms with van der Waals surface area (Å²) >= 11 is 3.18. The molecule has 3 rings (SSSR count). The summed E-state index contributed by atoms with van der Waals surface area (Å²) < 4.78 is 91.8. The van der Waals surface area contributed by atoms with Crippen molar-refractivity contribution in [3.8, 4) is 22.5 Å². The van der Waals surface area contributed by atoms with Crippen LogP contribution in [0.15, 0.2) is 45.8 Å². The molecule has 0 aliphatic carbocycles. The summed E-state index contributed by atoms with van der Waals surface area (Å²) in [6.45, 7) is 0. The van der Waals surface area contributed by atoms with E-state index in [0.717, 1.165) is 0 Å². The number of alkyl halides is 3. The van der Waals surface area contributed by atoms with Crippen molar-refractivity contribution in [3.05, 3.63) is 58.3 Å². The van der Waals surface area contributed by atoms with Crippen LogP contribution in [-0.4, -0.2) is 24.6 Å². The van der Waals surface area contributed by atoms with Crippen LogP contribution in [0.25, 0.3) is 22.5 Å². The summed E-state index contributed by atoms with van der Waals surface area (Å²) in [4.78, 5) is 4.58. The summed E-state index contributed by atoms with van der Waals surface area (Å²) in [5, 5.41) is 0. The second-order valence-corrected chi connectivity index (χ2v) is 8.75. The topological polar surface area (TPSA) is 62.8 Å². The molecule has 0 amide bonds. The minimum atomic E-state index is -4.86. The van der Waals surface area contributed by atoms with Gasteiger partial charge in [-0.2, -0.15) is 13.2 Å². The van der Waals surface area contributed by atoms with Gasteiger partial charge in [0, 0.05) is 21.9 Å². The molecule has 4 nitrogen and oxygen atoms in total. The van der Waals surface area contributed by atoms with E-state index < -0.39 is 49.6 Å². The maximum absolute atomic E-state index is 14.6. The molecule has 0 saturated heterocycles. The molecule has 3 aromatic rings. The van der Waals surface area contributed by atoms with Crippen LogP contribution in [0.4, 0.5) is 22.0 Å². The fraction of sp³-hybridized carbons (Fsp3) is 0.118. The molecule has 1 aromatic heterocycles. The molecular formula is C17H10BrF5N2O2S. The molecule has 0 unspecified atom stereocenters. The molecule has 0 aliphatic rings. The first-order valence-electron chi connectivity index (χ1n) is 7.50. The van der Waals surface area contributed by atoms with Gasteiger partial charge in [-0.1, -0.05) is 28.1 Å². The number of hydrogen-bond acceptors (Lipinski definition) is 3. The molecular weight excluding hydrogens is 471 g/mol. The molecule has 1 heterocycles. The molecule has 11 heteroatoms. The Morgan fingerprint density at radius 3 is 2.32 bits per heavy atom. The Labute approximate surface area is 164 Å². The fourth-order valence-corrected chi connectivity index (χ4v) is 3.68. The van der Waals surface area contributed by atoms with E-state index in [1.165, 1.54) is 18.2 Å². The van der Waals surface area contributed by atoms with Crippen molar-refractivity contribution in [3.63, 3.8) is 0 Å². The van der Waals surface area contributed by atoms with Crippen LogP contribution in [0.1, 0.15) is 5.82 Å². The van der Waals surface area contributed by atoms with Crippen molar-refractivity contribution in [2.45, 2.75) is 11.1 Å². The van der Waals surface area contributed by atoms with Gasteiger partial charge in [-0.25, -0.2) is 22.2 Å². The van der Waals surface area contributed by atoms with Crippen molar-refractivity contribution in [2.75, 3.05) is 6.26 Å². The fourth-order valence-electron chi connectivity index (χ4n) is 2.55. The molecule has 148 valence electrons. The average molecular weight is 481 g/mol. The van der Waals surface area contributed by atoms with Gasteiger partial charge in [-0.05, 0) is 24.3 Å². The number of imidazole rings is 1. The largest absolute Gasteiger partial charge is 0.449 e. The molecule has 28 heavy (non-hydrogen) atoms. The molecule has 0 atom stereocenters. The highest BCUT2D eigenvalue weighted by atomic mass is 79.9. The van der Waals surface area contributed by atoms with E-state index in [1.54, 1.807) is 6.07 Å². The number of rotatable bonds is 3. The summed E-state index contributed by atoms with van der Waals surface area (Å²) in [7, 11) is -4.07. The van der Waals surface area contributed by atoms with Crippen LogP contribution in [0.2, 0.25) is 0 Å². The zero-order chi connectivity index (χ0) is 20.9. The Balaban J connectivity index is 2.30. The van der Waals surface area contributed by atoms with Gasteiger partial charge in [0.15, 0.2) is 9.84 Å². The van der Waals surface area contributed by atoms with Gasteiger partial charge in [0.05, 0.1) is 11.4 Å². The van der Waals surface area contributed by atoms with Crippen molar-refractivity contribution in [1.82, 2.24) is 9.97 Å². The van der Waals surface area contributed by atoms with Crippen LogP contribution in [-0.2, 0) is 16.0 Å². The standard InChI is InChI=1S/C17H10BrF5N2O2S/c1-28(26,27)13-7-11(19)10(6-12(13)20)15-14(8-3-2-4-9(18)5-8)24-16(25-15)17(21,22)23/h2-7H,1H3,(H,24,25). The number of aromatic nitrogens is 2. The lowest BCUT2D eigenvalue weighted by Gasteiger charge is -2.08. The molecule has 0 spiro atoms. The lowest BCUT2D eigenvalue weighted by atomic mass is 10.0. The van der Waals surface area contributed by atoms with Crippen molar-refractivity contribution >= 4 is 25.8 Å². The molecule has 0 fully saturated rings. The molecule has 0 aliphatic heterocycles. The Kier molecular flexibility index (Phi) is 5.09. The first kappa shape index (κ1) is 20.5. The number of benzene rings is 2. The predicted octanol–water partition coefficient (Wildman–Crippen LogP) is 5.21. The average Bonchev–Trinajstić information content (AvgIpc) is 3.01. The van der Waals surface area contributed by atoms with Gasteiger partial charge in [-0.3, -0.25) is 0 Å². The monoisotopic (exact) mass is 480 g/mol. The maximum Gasteiger partial charge on any atom is 0.449 e. The summed E-state index contributed by atoms with van der Waals surface area (Å²) in [5.74, 6) is -3.90. The highest BCUT2D eigenvalue weighted by Gasteiger charge is 2.36. The van der Waals surface area contributed by atoms with Crippen molar-refractivity contribution in [1.29, 1.82) is 0 Å². The zero-order valence-corrected chi connectivity index (χ0v) is 16.3. The van der Waals surface area contributed by atoms with E-state index in [0.29, 0.717) is 22.9 Å². The summed E-state index contributed by atoms with van der Waals surface area (Å²) in [5.41, 5.74) is -1.06. The molecule has 1 N–H and O–H groups in total. The Hall–Kier alpha value is -2.27. The van der Waals surface area contributed by atoms with Crippen LogP contribution in [0.5, 0.6) is 0 Å². The second-order valence-electron chi connectivity index (χ2n) is 5.85. The molecule has 0 bridgehead atoms. The smallest absolute Gasteiger partial charge is 0.334 e. The summed E-state index contributed by atoms with van der Waals surface area (Å²) in [6, 6.07) is 7.03. The highest BCUT2D eigenvalue weighted by molar-refractivity contribution is 9.10. The van der Waals surface area contributed by atoms with E-state index >= 15 is 0 Å². The second kappa shape index (κ2) is 6.96. The van der Waals surface area contributed by atoms with Gasteiger partial charge in [0.1, 0.15) is 16.5 Å². The third kappa shape index (κ3) is 3.95. The van der Waals surface area contributed by atoms with E-state index in [9.17, 15) is 30.4 Å². The van der Waals surface area contributed by atoms with Crippen LogP contribution < -0.4 is 0 Å². The maximum atomic E-state index is 14.6.